The summed E-state index contributed by atoms with van der Waals surface area (Å²) in [7, 11) is 0. The molecule has 0 fully saturated rings. The maximum absolute atomic E-state index is 11.6. The number of benzene rings is 1. The summed E-state index contributed by atoms with van der Waals surface area (Å²) in [6.45, 7) is 0.400. The summed E-state index contributed by atoms with van der Waals surface area (Å²) in [6, 6.07) is 9.80. The first-order valence-electron chi connectivity index (χ1n) is 5.47. The van der Waals surface area contributed by atoms with Crippen LogP contribution >= 0.6 is 0 Å². The van der Waals surface area contributed by atoms with E-state index in [0.29, 0.717) is 12.2 Å². The lowest BCUT2D eigenvalue weighted by molar-refractivity contribution is 0.251. The van der Waals surface area contributed by atoms with Crippen LogP contribution in [0.1, 0.15) is 5.56 Å². The molecule has 0 aliphatic carbocycles. The zero-order valence-electron chi connectivity index (χ0n) is 9.63. The quantitative estimate of drug-likeness (QED) is 0.772. The van der Waals surface area contributed by atoms with E-state index in [-0.39, 0.29) is 11.8 Å². The molecule has 0 unspecified atom stereocenters. The predicted octanol–water partition coefficient (Wildman–Crippen LogP) is 2.11. The molecule has 2 amide bonds. The molecular formula is C13H13N3O2. The minimum Gasteiger partial charge on any atom is -0.508 e. The Labute approximate surface area is 104 Å². The van der Waals surface area contributed by atoms with Crippen molar-refractivity contribution < 1.29 is 9.90 Å². The lowest BCUT2D eigenvalue weighted by atomic mass is 10.2. The number of aromatic hydroxyl groups is 1. The van der Waals surface area contributed by atoms with Crippen LogP contribution in [0.25, 0.3) is 0 Å². The van der Waals surface area contributed by atoms with Crippen LogP contribution in [0.15, 0.2) is 48.8 Å². The zero-order valence-corrected chi connectivity index (χ0v) is 9.63. The molecule has 1 aromatic carbocycles. The summed E-state index contributed by atoms with van der Waals surface area (Å²) < 4.78 is 0. The SMILES string of the molecule is O=C(NCc1ccc(O)cc1)Nc1ccncc1. The summed E-state index contributed by atoms with van der Waals surface area (Å²) in [5.74, 6) is 0.208. The maximum Gasteiger partial charge on any atom is 0.319 e. The van der Waals surface area contributed by atoms with Crippen LogP contribution in [0.3, 0.4) is 0 Å². The number of carbonyl (C=O) groups excluding carboxylic acids is 1. The van der Waals surface area contributed by atoms with Gasteiger partial charge in [0.1, 0.15) is 5.75 Å². The van der Waals surface area contributed by atoms with Crippen LogP contribution in [0.5, 0.6) is 5.75 Å². The maximum atomic E-state index is 11.6. The average Bonchev–Trinajstić information content (AvgIpc) is 2.39. The Bertz CT molecular complexity index is 512. The summed E-state index contributed by atoms with van der Waals surface area (Å²) in [5, 5.41) is 14.5. The Morgan fingerprint density at radius 1 is 1.11 bits per heavy atom. The largest absolute Gasteiger partial charge is 0.508 e. The molecule has 5 heteroatoms. The van der Waals surface area contributed by atoms with E-state index in [1.807, 2.05) is 0 Å². The molecule has 92 valence electrons. The summed E-state index contributed by atoms with van der Waals surface area (Å²) in [5.41, 5.74) is 1.60. The predicted molar refractivity (Wildman–Crippen MR) is 68.2 cm³/mol. The third-order valence-electron chi connectivity index (χ3n) is 2.33. The lowest BCUT2D eigenvalue weighted by Crippen LogP contribution is -2.28. The number of nitrogens with zero attached hydrogens (tertiary/aromatic N) is 1. The van der Waals surface area contributed by atoms with E-state index in [1.54, 1.807) is 48.8 Å². The van der Waals surface area contributed by atoms with Gasteiger partial charge in [-0.2, -0.15) is 0 Å². The molecular weight excluding hydrogens is 230 g/mol. The van der Waals surface area contributed by atoms with Gasteiger partial charge in [-0.25, -0.2) is 4.79 Å². The second-order valence-corrected chi connectivity index (χ2v) is 3.71. The monoisotopic (exact) mass is 243 g/mol. The van der Waals surface area contributed by atoms with Crippen LogP contribution in [-0.2, 0) is 6.54 Å². The third kappa shape index (κ3) is 3.48. The summed E-state index contributed by atoms with van der Waals surface area (Å²) >= 11 is 0. The summed E-state index contributed by atoms with van der Waals surface area (Å²) in [6.07, 6.45) is 3.21. The molecule has 0 atom stereocenters. The van der Waals surface area contributed by atoms with E-state index in [4.69, 9.17) is 5.11 Å². The molecule has 2 rings (SSSR count). The highest BCUT2D eigenvalue weighted by molar-refractivity contribution is 5.88. The van der Waals surface area contributed by atoms with Gasteiger partial charge in [-0.3, -0.25) is 4.98 Å². The average molecular weight is 243 g/mol. The minimum absolute atomic E-state index is 0.208. The molecule has 0 radical (unpaired) electrons. The number of phenols is 1. The van der Waals surface area contributed by atoms with Gasteiger partial charge in [-0.05, 0) is 29.8 Å². The van der Waals surface area contributed by atoms with Crippen molar-refractivity contribution in [3.05, 3.63) is 54.4 Å². The van der Waals surface area contributed by atoms with Crippen LogP contribution in [0.2, 0.25) is 0 Å². The molecule has 0 bridgehead atoms. The van der Waals surface area contributed by atoms with Crippen LogP contribution in [0.4, 0.5) is 10.5 Å². The van der Waals surface area contributed by atoms with E-state index in [0.717, 1.165) is 5.56 Å². The third-order valence-corrected chi connectivity index (χ3v) is 2.33. The highest BCUT2D eigenvalue weighted by Crippen LogP contribution is 2.09. The number of aromatic nitrogens is 1. The van der Waals surface area contributed by atoms with Crippen molar-refractivity contribution >= 4 is 11.7 Å². The van der Waals surface area contributed by atoms with Gasteiger partial charge in [0.05, 0.1) is 0 Å². The zero-order chi connectivity index (χ0) is 12.8. The van der Waals surface area contributed by atoms with E-state index in [1.165, 1.54) is 0 Å². The number of urea groups is 1. The Morgan fingerprint density at radius 3 is 2.44 bits per heavy atom. The molecule has 0 saturated carbocycles. The van der Waals surface area contributed by atoms with Crippen LogP contribution in [0, 0.1) is 0 Å². The Hall–Kier alpha value is -2.56. The van der Waals surface area contributed by atoms with Gasteiger partial charge in [0.2, 0.25) is 0 Å². The number of rotatable bonds is 3. The van der Waals surface area contributed by atoms with Crippen molar-refractivity contribution in [1.82, 2.24) is 10.3 Å². The number of anilines is 1. The van der Waals surface area contributed by atoms with Crippen molar-refractivity contribution in [3.63, 3.8) is 0 Å². The van der Waals surface area contributed by atoms with Gasteiger partial charge in [0, 0.05) is 24.6 Å². The number of nitrogens with one attached hydrogen (secondary N) is 2. The fraction of sp³-hybridized carbons (Fsp3) is 0.0769. The van der Waals surface area contributed by atoms with E-state index < -0.39 is 0 Å². The molecule has 5 nitrogen and oxygen atoms in total. The second-order valence-electron chi connectivity index (χ2n) is 3.71. The van der Waals surface area contributed by atoms with Gasteiger partial charge in [0.25, 0.3) is 0 Å². The number of carbonyl (C=O) groups is 1. The number of pyridine rings is 1. The highest BCUT2D eigenvalue weighted by Gasteiger charge is 2.01. The fourth-order valence-electron chi connectivity index (χ4n) is 1.41. The standard InChI is InChI=1S/C13H13N3O2/c17-12-3-1-10(2-4-12)9-15-13(18)16-11-5-7-14-8-6-11/h1-8,17H,9H2,(H2,14,15,16,18). The number of hydrogen-bond acceptors (Lipinski definition) is 3. The van der Waals surface area contributed by atoms with E-state index in [2.05, 4.69) is 15.6 Å². The van der Waals surface area contributed by atoms with Crippen molar-refractivity contribution in [1.29, 1.82) is 0 Å². The Morgan fingerprint density at radius 2 is 1.78 bits per heavy atom. The highest BCUT2D eigenvalue weighted by atomic mass is 16.3. The molecule has 18 heavy (non-hydrogen) atoms. The number of amides is 2. The molecule has 0 saturated heterocycles. The molecule has 0 aliphatic rings. The second kappa shape index (κ2) is 5.67. The first-order valence-corrected chi connectivity index (χ1v) is 5.47. The molecule has 2 aromatic rings. The van der Waals surface area contributed by atoms with Gasteiger partial charge < -0.3 is 15.7 Å². The number of hydrogen-bond donors (Lipinski definition) is 3. The molecule has 0 spiro atoms. The van der Waals surface area contributed by atoms with Gasteiger partial charge in [-0.1, -0.05) is 12.1 Å². The van der Waals surface area contributed by atoms with Crippen LogP contribution in [-0.4, -0.2) is 16.1 Å². The fourth-order valence-corrected chi connectivity index (χ4v) is 1.41. The normalized spacial score (nSPS) is 9.78. The minimum atomic E-state index is -0.283. The first-order chi connectivity index (χ1) is 8.74. The van der Waals surface area contributed by atoms with Crippen molar-refractivity contribution in [3.8, 4) is 5.75 Å². The van der Waals surface area contributed by atoms with Crippen molar-refractivity contribution in [2.75, 3.05) is 5.32 Å². The van der Waals surface area contributed by atoms with Gasteiger partial charge in [0.15, 0.2) is 0 Å². The number of phenolic OH excluding ortho intramolecular Hbond substituents is 1. The molecule has 1 heterocycles. The Kier molecular flexibility index (Phi) is 3.76. The lowest BCUT2D eigenvalue weighted by Gasteiger charge is -2.07. The smallest absolute Gasteiger partial charge is 0.319 e. The van der Waals surface area contributed by atoms with Gasteiger partial charge >= 0.3 is 6.03 Å². The van der Waals surface area contributed by atoms with Gasteiger partial charge in [-0.15, -0.1) is 0 Å². The van der Waals surface area contributed by atoms with Crippen molar-refractivity contribution in [2.24, 2.45) is 0 Å². The topological polar surface area (TPSA) is 74.2 Å². The Balaban J connectivity index is 1.83. The van der Waals surface area contributed by atoms with E-state index >= 15 is 0 Å². The molecule has 1 aromatic heterocycles. The van der Waals surface area contributed by atoms with E-state index in [9.17, 15) is 4.79 Å². The van der Waals surface area contributed by atoms with Crippen molar-refractivity contribution in [2.45, 2.75) is 6.54 Å². The molecule has 0 aliphatic heterocycles. The van der Waals surface area contributed by atoms with Crippen LogP contribution < -0.4 is 10.6 Å². The summed E-state index contributed by atoms with van der Waals surface area (Å²) in [4.78, 5) is 15.4. The molecule has 3 N–H and O–H groups in total. The first kappa shape index (κ1) is 11.9.